The predicted molar refractivity (Wildman–Crippen MR) is 145 cm³/mol. The number of likely N-dealkylation sites (N-methyl/N-ethyl adjacent to an activating group) is 1. The first-order valence-corrected chi connectivity index (χ1v) is 13.7. The van der Waals surface area contributed by atoms with E-state index in [-0.39, 0.29) is 0 Å². The summed E-state index contributed by atoms with van der Waals surface area (Å²) in [6, 6.07) is 0.427. The van der Waals surface area contributed by atoms with Crippen molar-refractivity contribution in [2.24, 2.45) is 4.99 Å². The van der Waals surface area contributed by atoms with E-state index in [9.17, 15) is 4.21 Å². The minimum atomic E-state index is -1.11. The Morgan fingerprint density at radius 2 is 2.03 bits per heavy atom. The number of piperazine rings is 1. The van der Waals surface area contributed by atoms with Crippen LogP contribution < -0.4 is 10.6 Å². The van der Waals surface area contributed by atoms with Crippen LogP contribution in [-0.2, 0) is 11.0 Å². The minimum Gasteiger partial charge on any atom is -0.372 e. The summed E-state index contributed by atoms with van der Waals surface area (Å²) >= 11 is 0. The van der Waals surface area contributed by atoms with Crippen molar-refractivity contribution in [2.45, 2.75) is 46.6 Å². The lowest BCUT2D eigenvalue weighted by Gasteiger charge is -2.29. The Labute approximate surface area is 208 Å². The summed E-state index contributed by atoms with van der Waals surface area (Å²) < 4.78 is 15.1. The van der Waals surface area contributed by atoms with Crippen molar-refractivity contribution >= 4 is 16.8 Å². The van der Waals surface area contributed by atoms with E-state index >= 15 is 0 Å². The largest absolute Gasteiger partial charge is 0.372 e. The number of rotatable bonds is 9. The van der Waals surface area contributed by atoms with E-state index in [1.807, 2.05) is 25.3 Å². The third-order valence-electron chi connectivity index (χ3n) is 6.65. The van der Waals surface area contributed by atoms with E-state index in [1.54, 1.807) is 0 Å². The molecule has 3 heterocycles. The second kappa shape index (κ2) is 13.1. The zero-order valence-corrected chi connectivity index (χ0v) is 22.3. The van der Waals surface area contributed by atoms with Crippen LogP contribution in [0.1, 0.15) is 40.5 Å². The fourth-order valence-electron chi connectivity index (χ4n) is 4.61. The molecule has 0 bridgehead atoms. The van der Waals surface area contributed by atoms with Crippen LogP contribution in [0, 0.1) is 0 Å². The number of aliphatic imine (C=N–C) groups is 1. The van der Waals surface area contributed by atoms with Gasteiger partial charge in [-0.1, -0.05) is 19.1 Å². The number of nitrogens with one attached hydrogen (secondary N) is 2. The second-order valence-corrected chi connectivity index (χ2v) is 10.3. The molecular weight excluding hydrogens is 444 g/mol. The molecule has 0 aromatic rings. The SMILES string of the molecule is C\C=C(/C=C\C(=C\CC)N(C)C1CCN(/C(C)=C2\C=CNC2=NCC)C1)S(=O)N1CCNCC1. The molecule has 2 fully saturated rings. The van der Waals surface area contributed by atoms with Gasteiger partial charge in [0.05, 0.1) is 4.91 Å². The van der Waals surface area contributed by atoms with Crippen LogP contribution in [0.4, 0.5) is 0 Å². The van der Waals surface area contributed by atoms with Crippen molar-refractivity contribution in [1.82, 2.24) is 24.7 Å². The monoisotopic (exact) mass is 486 g/mol. The molecule has 2 unspecified atom stereocenters. The first-order valence-electron chi connectivity index (χ1n) is 12.6. The van der Waals surface area contributed by atoms with Gasteiger partial charge < -0.3 is 20.4 Å². The van der Waals surface area contributed by atoms with E-state index in [0.29, 0.717) is 6.04 Å². The number of amidine groups is 1. The lowest BCUT2D eigenvalue weighted by atomic mass is 10.2. The summed E-state index contributed by atoms with van der Waals surface area (Å²) in [6.45, 7) is 14.6. The van der Waals surface area contributed by atoms with Crippen molar-refractivity contribution in [3.8, 4) is 0 Å². The van der Waals surface area contributed by atoms with Gasteiger partial charge in [0.1, 0.15) is 16.8 Å². The lowest BCUT2D eigenvalue weighted by Crippen LogP contribution is -2.44. The summed E-state index contributed by atoms with van der Waals surface area (Å²) in [5.41, 5.74) is 3.66. The molecule has 2 N–H and O–H groups in total. The van der Waals surface area contributed by atoms with E-state index < -0.39 is 11.0 Å². The van der Waals surface area contributed by atoms with Crippen LogP contribution in [0.5, 0.6) is 0 Å². The highest BCUT2D eigenvalue weighted by Gasteiger charge is 2.28. The van der Waals surface area contributed by atoms with Crippen LogP contribution >= 0.6 is 0 Å². The molecule has 2 atom stereocenters. The van der Waals surface area contributed by atoms with Gasteiger partial charge in [0.2, 0.25) is 0 Å². The molecule has 3 aliphatic heterocycles. The fourth-order valence-corrected chi connectivity index (χ4v) is 5.80. The topological polar surface area (TPSA) is 63.2 Å². The summed E-state index contributed by atoms with van der Waals surface area (Å²) in [7, 11) is 1.07. The molecule has 34 heavy (non-hydrogen) atoms. The van der Waals surface area contributed by atoms with Gasteiger partial charge in [-0.05, 0) is 51.8 Å². The summed E-state index contributed by atoms with van der Waals surface area (Å²) in [4.78, 5) is 10.3. The molecule has 0 aromatic carbocycles. The van der Waals surface area contributed by atoms with Crippen LogP contribution in [-0.4, -0.2) is 83.1 Å². The van der Waals surface area contributed by atoms with E-state index in [4.69, 9.17) is 0 Å². The first-order chi connectivity index (χ1) is 16.5. The maximum Gasteiger partial charge on any atom is 0.134 e. The van der Waals surface area contributed by atoms with E-state index in [1.165, 1.54) is 17.0 Å². The van der Waals surface area contributed by atoms with Gasteiger partial charge in [-0.3, -0.25) is 4.99 Å². The standard InChI is InChI=1S/C26H42N6OS/c1-6-9-22(10-11-24(7-2)34(33)32-18-15-27-16-19-32)30(5)23-13-17-31(20-23)21(4)25-12-14-29-26(25)28-8-3/h7,9-12,14,23,27H,6,8,13,15-20H2,1-5H3,(H,28,29)/b11-10-,22-9-,24-7+,25-21+. The number of allylic oxidation sites excluding steroid dienone is 5. The molecule has 0 amide bonds. The van der Waals surface area contributed by atoms with Crippen molar-refractivity contribution in [1.29, 1.82) is 0 Å². The molecule has 0 radical (unpaired) electrons. The Hall–Kier alpha value is -2.16. The molecule has 0 aliphatic carbocycles. The van der Waals surface area contributed by atoms with Crippen molar-refractivity contribution in [3.05, 3.63) is 58.5 Å². The zero-order chi connectivity index (χ0) is 24.5. The van der Waals surface area contributed by atoms with Gasteiger partial charge in [-0.25, -0.2) is 8.51 Å². The molecule has 8 heteroatoms. The normalized spacial score (nSPS) is 26.0. The summed E-state index contributed by atoms with van der Waals surface area (Å²) in [5, 5.41) is 6.59. The van der Waals surface area contributed by atoms with Gasteiger partial charge in [0.15, 0.2) is 0 Å². The van der Waals surface area contributed by atoms with Gasteiger partial charge in [-0.15, -0.1) is 0 Å². The highest BCUT2D eigenvalue weighted by molar-refractivity contribution is 7.86. The Balaban J connectivity index is 1.68. The van der Waals surface area contributed by atoms with E-state index in [0.717, 1.165) is 69.4 Å². The minimum absolute atomic E-state index is 0.427. The molecule has 0 spiro atoms. The van der Waals surface area contributed by atoms with Crippen LogP contribution in [0.25, 0.3) is 0 Å². The Morgan fingerprint density at radius 3 is 2.71 bits per heavy atom. The maximum absolute atomic E-state index is 13.1. The lowest BCUT2D eigenvalue weighted by molar-refractivity contribution is 0.304. The second-order valence-electron chi connectivity index (χ2n) is 8.79. The predicted octanol–water partition coefficient (Wildman–Crippen LogP) is 3.12. The zero-order valence-electron chi connectivity index (χ0n) is 21.5. The molecule has 0 aromatic heterocycles. The van der Waals surface area contributed by atoms with Crippen LogP contribution in [0.3, 0.4) is 0 Å². The molecule has 7 nitrogen and oxygen atoms in total. The molecule has 2 saturated heterocycles. The van der Waals surface area contributed by atoms with E-state index in [2.05, 4.69) is 75.8 Å². The fraction of sp³-hybridized carbons (Fsp3) is 0.577. The quantitative estimate of drug-likeness (QED) is 0.491. The molecule has 3 rings (SSSR count). The first kappa shape index (κ1) is 26.4. The number of hydrogen-bond acceptors (Lipinski definition) is 5. The molecule has 188 valence electrons. The number of nitrogens with zero attached hydrogens (tertiary/aromatic N) is 4. The summed E-state index contributed by atoms with van der Waals surface area (Å²) in [5.74, 6) is 0.975. The van der Waals surface area contributed by atoms with Crippen LogP contribution in [0.2, 0.25) is 0 Å². The summed E-state index contributed by atoms with van der Waals surface area (Å²) in [6.07, 6.45) is 14.6. The van der Waals surface area contributed by atoms with Crippen molar-refractivity contribution in [2.75, 3.05) is 52.9 Å². The van der Waals surface area contributed by atoms with Gasteiger partial charge in [0, 0.05) is 82.1 Å². The third kappa shape index (κ3) is 6.49. The average Bonchev–Trinajstić information content (AvgIpc) is 3.54. The molecule has 3 aliphatic rings. The maximum atomic E-state index is 13.1. The Kier molecular flexibility index (Phi) is 10.2. The Bertz CT molecular complexity index is 910. The molecular formula is C26H42N6OS. The highest BCUT2D eigenvalue weighted by atomic mass is 32.2. The van der Waals surface area contributed by atoms with Gasteiger partial charge >= 0.3 is 0 Å². The molecule has 0 saturated carbocycles. The van der Waals surface area contributed by atoms with Gasteiger partial charge in [-0.2, -0.15) is 0 Å². The third-order valence-corrected chi connectivity index (χ3v) is 8.26. The smallest absolute Gasteiger partial charge is 0.134 e. The van der Waals surface area contributed by atoms with Crippen molar-refractivity contribution in [3.63, 3.8) is 0 Å². The number of hydrogen-bond donors (Lipinski definition) is 2. The van der Waals surface area contributed by atoms with Crippen molar-refractivity contribution < 1.29 is 4.21 Å². The number of likely N-dealkylation sites (tertiary alicyclic amines) is 1. The average molecular weight is 487 g/mol. The van der Waals surface area contributed by atoms with Gasteiger partial charge in [0.25, 0.3) is 0 Å². The van der Waals surface area contributed by atoms with Crippen LogP contribution in [0.15, 0.2) is 63.4 Å². The highest BCUT2D eigenvalue weighted by Crippen LogP contribution is 2.25. The Morgan fingerprint density at radius 1 is 1.26 bits per heavy atom.